The lowest BCUT2D eigenvalue weighted by atomic mass is 9.68. The Hall–Kier alpha value is -0.820. The highest BCUT2D eigenvalue weighted by atomic mass is 16.3. The topological polar surface area (TPSA) is 20.2 Å². The van der Waals surface area contributed by atoms with Crippen molar-refractivity contribution in [3.8, 4) is 0 Å². The number of aryl methyl sites for hydroxylation is 2. The van der Waals surface area contributed by atoms with E-state index < -0.39 is 0 Å². The lowest BCUT2D eigenvalue weighted by Gasteiger charge is -2.40. The molecule has 14 heavy (non-hydrogen) atoms. The molecular weight excluding hydrogens is 172 g/mol. The van der Waals surface area contributed by atoms with Crippen LogP contribution in [-0.4, -0.2) is 11.2 Å². The first kappa shape index (κ1) is 9.72. The summed E-state index contributed by atoms with van der Waals surface area (Å²) in [4.78, 5) is 0. The summed E-state index contributed by atoms with van der Waals surface area (Å²) >= 11 is 0. The van der Waals surface area contributed by atoms with Gasteiger partial charge in [0.1, 0.15) is 0 Å². The molecule has 1 aliphatic rings. The number of benzene rings is 1. The zero-order chi connectivity index (χ0) is 10.3. The van der Waals surface area contributed by atoms with Crippen molar-refractivity contribution in [3.05, 3.63) is 34.9 Å². The maximum Gasteiger partial charge on any atom is 0.0577 e. The summed E-state index contributed by atoms with van der Waals surface area (Å²) in [6.07, 6.45) is 0.852. The minimum atomic E-state index is -0.0818. The molecule has 3 atom stereocenters. The molecule has 2 rings (SSSR count). The first-order chi connectivity index (χ1) is 6.59. The summed E-state index contributed by atoms with van der Waals surface area (Å²) in [5.41, 5.74) is 4.10. The van der Waals surface area contributed by atoms with Gasteiger partial charge < -0.3 is 5.11 Å². The first-order valence-electron chi connectivity index (χ1n) is 5.35. The predicted molar refractivity (Wildman–Crippen MR) is 58.4 cm³/mol. The molecule has 1 aromatic rings. The van der Waals surface area contributed by atoms with Crippen LogP contribution < -0.4 is 0 Å². The second-order valence-corrected chi connectivity index (χ2v) is 4.61. The van der Waals surface area contributed by atoms with E-state index in [2.05, 4.69) is 39.0 Å². The monoisotopic (exact) mass is 190 g/mol. The molecule has 0 spiro atoms. The molecule has 1 nitrogen and oxygen atoms in total. The Kier molecular flexibility index (Phi) is 2.36. The summed E-state index contributed by atoms with van der Waals surface area (Å²) in [6, 6.07) is 6.65. The van der Waals surface area contributed by atoms with Gasteiger partial charge in [0.05, 0.1) is 6.10 Å². The van der Waals surface area contributed by atoms with Gasteiger partial charge in [0.15, 0.2) is 0 Å². The van der Waals surface area contributed by atoms with Crippen LogP contribution in [0, 0.1) is 19.8 Å². The van der Waals surface area contributed by atoms with E-state index in [0.717, 1.165) is 6.42 Å². The van der Waals surface area contributed by atoms with Crippen molar-refractivity contribution < 1.29 is 5.11 Å². The predicted octanol–water partition coefficient (Wildman–Crippen LogP) is 2.79. The Balaban J connectivity index is 2.22. The van der Waals surface area contributed by atoms with Crippen molar-refractivity contribution in [2.75, 3.05) is 0 Å². The van der Waals surface area contributed by atoms with Gasteiger partial charge in [-0.2, -0.15) is 0 Å². The average Bonchev–Trinajstić information content (AvgIpc) is 2.18. The van der Waals surface area contributed by atoms with Crippen LogP contribution in [0.5, 0.6) is 0 Å². The highest BCUT2D eigenvalue weighted by molar-refractivity contribution is 5.33. The number of hydrogen-bond acceptors (Lipinski definition) is 1. The van der Waals surface area contributed by atoms with Crippen molar-refractivity contribution in [2.45, 2.75) is 39.2 Å². The quantitative estimate of drug-likeness (QED) is 0.722. The van der Waals surface area contributed by atoms with Gasteiger partial charge in [0.2, 0.25) is 0 Å². The second kappa shape index (κ2) is 3.39. The van der Waals surface area contributed by atoms with Gasteiger partial charge in [-0.1, -0.05) is 25.1 Å². The molecule has 0 radical (unpaired) electrons. The van der Waals surface area contributed by atoms with Gasteiger partial charge in [-0.15, -0.1) is 0 Å². The maximum atomic E-state index is 9.47. The SMILES string of the molecule is Cc1ccc(C2CC(O)C2C)cc1C. The number of rotatable bonds is 1. The van der Waals surface area contributed by atoms with Crippen LogP contribution in [0.4, 0.5) is 0 Å². The molecule has 0 heterocycles. The van der Waals surface area contributed by atoms with Crippen molar-refractivity contribution in [2.24, 2.45) is 5.92 Å². The zero-order valence-electron chi connectivity index (χ0n) is 9.12. The fraction of sp³-hybridized carbons (Fsp3) is 0.538. The molecule has 1 fully saturated rings. The molecule has 0 amide bonds. The minimum absolute atomic E-state index is 0.0818. The Morgan fingerprint density at radius 3 is 2.43 bits per heavy atom. The van der Waals surface area contributed by atoms with Crippen molar-refractivity contribution in [1.29, 1.82) is 0 Å². The highest BCUT2D eigenvalue weighted by Gasteiger charge is 2.37. The molecule has 76 valence electrons. The Morgan fingerprint density at radius 2 is 1.93 bits per heavy atom. The summed E-state index contributed by atoms with van der Waals surface area (Å²) in [5.74, 6) is 1.00. The van der Waals surface area contributed by atoms with Crippen LogP contribution in [0.15, 0.2) is 18.2 Å². The van der Waals surface area contributed by atoms with Crippen LogP contribution in [0.3, 0.4) is 0 Å². The Labute approximate surface area is 85.8 Å². The molecule has 1 saturated carbocycles. The summed E-state index contributed by atoms with van der Waals surface area (Å²) in [7, 11) is 0. The summed E-state index contributed by atoms with van der Waals surface area (Å²) in [5, 5.41) is 9.47. The second-order valence-electron chi connectivity index (χ2n) is 4.61. The smallest absolute Gasteiger partial charge is 0.0577 e. The van der Waals surface area contributed by atoms with Crippen LogP contribution >= 0.6 is 0 Å². The standard InChI is InChI=1S/C13H18O/c1-8-4-5-11(6-9(8)2)12-7-13(14)10(12)3/h4-6,10,12-14H,7H2,1-3H3. The van der Waals surface area contributed by atoms with Crippen LogP contribution in [-0.2, 0) is 0 Å². The molecular formula is C13H18O. The lowest BCUT2D eigenvalue weighted by Crippen LogP contribution is -2.37. The maximum absolute atomic E-state index is 9.47. The lowest BCUT2D eigenvalue weighted by molar-refractivity contribution is 0.0117. The third-order valence-corrected chi connectivity index (χ3v) is 3.70. The third kappa shape index (κ3) is 1.46. The van der Waals surface area contributed by atoms with E-state index in [-0.39, 0.29) is 6.10 Å². The van der Waals surface area contributed by atoms with Gasteiger partial charge in [-0.3, -0.25) is 0 Å². The van der Waals surface area contributed by atoms with E-state index in [1.54, 1.807) is 0 Å². The van der Waals surface area contributed by atoms with Gasteiger partial charge in [0, 0.05) is 0 Å². The van der Waals surface area contributed by atoms with E-state index >= 15 is 0 Å². The van der Waals surface area contributed by atoms with Gasteiger partial charge in [-0.25, -0.2) is 0 Å². The summed E-state index contributed by atoms with van der Waals surface area (Å²) < 4.78 is 0. The Morgan fingerprint density at radius 1 is 1.21 bits per heavy atom. The van der Waals surface area contributed by atoms with Crippen LogP contribution in [0.2, 0.25) is 0 Å². The molecule has 1 aromatic carbocycles. The molecule has 1 heteroatoms. The Bertz CT molecular complexity index is 343. The number of hydrogen-bond donors (Lipinski definition) is 1. The van der Waals surface area contributed by atoms with E-state index in [9.17, 15) is 5.11 Å². The van der Waals surface area contributed by atoms with Crippen LogP contribution in [0.1, 0.15) is 36.0 Å². The fourth-order valence-electron chi connectivity index (χ4n) is 2.20. The molecule has 0 aromatic heterocycles. The zero-order valence-corrected chi connectivity index (χ0v) is 9.12. The first-order valence-corrected chi connectivity index (χ1v) is 5.35. The molecule has 1 aliphatic carbocycles. The molecule has 0 bridgehead atoms. The van der Waals surface area contributed by atoms with Gasteiger partial charge in [0.25, 0.3) is 0 Å². The average molecular weight is 190 g/mol. The van der Waals surface area contributed by atoms with Crippen molar-refractivity contribution in [1.82, 2.24) is 0 Å². The number of aliphatic hydroxyl groups excluding tert-OH is 1. The third-order valence-electron chi connectivity index (χ3n) is 3.70. The molecule has 0 saturated heterocycles. The normalized spacial score (nSPS) is 31.3. The van der Waals surface area contributed by atoms with Gasteiger partial charge >= 0.3 is 0 Å². The van der Waals surface area contributed by atoms with Crippen molar-refractivity contribution in [3.63, 3.8) is 0 Å². The van der Waals surface area contributed by atoms with E-state index in [4.69, 9.17) is 0 Å². The largest absolute Gasteiger partial charge is 0.393 e. The van der Waals surface area contributed by atoms with E-state index in [0.29, 0.717) is 11.8 Å². The number of aliphatic hydroxyl groups is 1. The van der Waals surface area contributed by atoms with Crippen molar-refractivity contribution >= 4 is 0 Å². The molecule has 3 unspecified atom stereocenters. The summed E-state index contributed by atoms with van der Waals surface area (Å²) in [6.45, 7) is 6.42. The highest BCUT2D eigenvalue weighted by Crippen LogP contribution is 2.42. The molecule has 1 N–H and O–H groups in total. The fourth-order valence-corrected chi connectivity index (χ4v) is 2.20. The van der Waals surface area contributed by atoms with E-state index in [1.807, 2.05) is 0 Å². The molecule has 0 aliphatic heterocycles. The van der Waals surface area contributed by atoms with Gasteiger partial charge in [-0.05, 0) is 48.8 Å². The van der Waals surface area contributed by atoms with E-state index in [1.165, 1.54) is 16.7 Å². The minimum Gasteiger partial charge on any atom is -0.393 e. The van der Waals surface area contributed by atoms with Crippen LogP contribution in [0.25, 0.3) is 0 Å².